The molecule has 1 saturated heterocycles. The van der Waals surface area contributed by atoms with Crippen molar-refractivity contribution in [2.24, 2.45) is 0 Å². The molecule has 0 amide bonds. The van der Waals surface area contributed by atoms with Gasteiger partial charge in [0.2, 0.25) is 0 Å². The molecule has 0 bridgehead atoms. The summed E-state index contributed by atoms with van der Waals surface area (Å²) in [4.78, 5) is 22.2. The van der Waals surface area contributed by atoms with Gasteiger partial charge in [0.1, 0.15) is 6.07 Å². The zero-order valence-electron chi connectivity index (χ0n) is 15.9. The van der Waals surface area contributed by atoms with Gasteiger partial charge in [-0.05, 0) is 12.1 Å². The average molecular weight is 404 g/mol. The van der Waals surface area contributed by atoms with Crippen LogP contribution in [0.15, 0.2) is 53.0 Å². The van der Waals surface area contributed by atoms with Crippen LogP contribution >= 0.6 is 11.3 Å². The smallest absolute Gasteiger partial charge is 0.258 e. The predicted octanol–water partition coefficient (Wildman–Crippen LogP) is 2.20. The fourth-order valence-corrected chi connectivity index (χ4v) is 4.71. The van der Waals surface area contributed by atoms with E-state index in [0.717, 1.165) is 60.0 Å². The fourth-order valence-electron chi connectivity index (χ4n) is 3.97. The monoisotopic (exact) mass is 404 g/mol. The van der Waals surface area contributed by atoms with E-state index in [1.807, 2.05) is 34.2 Å². The molecule has 5 heterocycles. The largest absolute Gasteiger partial charge is 0.322 e. The molecule has 0 atom stereocenters. The highest BCUT2D eigenvalue weighted by molar-refractivity contribution is 7.15. The molecule has 0 aromatic carbocycles. The van der Waals surface area contributed by atoms with Gasteiger partial charge in [-0.1, -0.05) is 6.07 Å². The standard InChI is InChI=1S/C21H20N6OS/c22-12-18-16(14-26-4-2-1-3-19(18)26)13-24-5-7-25(8-6-24)15-17-11-20(28)27-9-10-29-21(27)23-17/h1-4,9-11,14H,5-8,13,15H2. The van der Waals surface area contributed by atoms with Gasteiger partial charge in [0.05, 0.1) is 16.8 Å². The van der Waals surface area contributed by atoms with E-state index in [-0.39, 0.29) is 5.56 Å². The SMILES string of the molecule is N#Cc1c(CN2CCN(Cc3cc(=O)n4ccsc4n3)CC2)cn2ccccc12. The molecule has 8 heteroatoms. The number of aromatic nitrogens is 3. The van der Waals surface area contributed by atoms with E-state index in [9.17, 15) is 10.1 Å². The molecule has 0 spiro atoms. The average Bonchev–Trinajstić information content (AvgIpc) is 3.33. The molecule has 0 saturated carbocycles. The van der Waals surface area contributed by atoms with Gasteiger partial charge < -0.3 is 4.40 Å². The van der Waals surface area contributed by atoms with Crippen LogP contribution in [-0.4, -0.2) is 49.8 Å². The van der Waals surface area contributed by atoms with Crippen molar-refractivity contribution in [3.05, 3.63) is 75.4 Å². The Morgan fingerprint density at radius 3 is 2.69 bits per heavy atom. The number of thiazole rings is 1. The minimum absolute atomic E-state index is 0.0188. The number of rotatable bonds is 4. The van der Waals surface area contributed by atoms with Crippen LogP contribution in [0.3, 0.4) is 0 Å². The van der Waals surface area contributed by atoms with E-state index < -0.39 is 0 Å². The molecule has 1 fully saturated rings. The zero-order chi connectivity index (χ0) is 19.8. The van der Waals surface area contributed by atoms with Crippen molar-refractivity contribution >= 4 is 21.8 Å². The number of hydrogen-bond donors (Lipinski definition) is 0. The van der Waals surface area contributed by atoms with Crippen molar-refractivity contribution in [3.8, 4) is 6.07 Å². The summed E-state index contributed by atoms with van der Waals surface area (Å²) in [5.41, 5.74) is 3.61. The Hall–Kier alpha value is -2.99. The molecule has 146 valence electrons. The van der Waals surface area contributed by atoms with Crippen LogP contribution < -0.4 is 5.56 Å². The van der Waals surface area contributed by atoms with E-state index in [2.05, 4.69) is 27.0 Å². The number of nitriles is 1. The predicted molar refractivity (Wildman–Crippen MR) is 112 cm³/mol. The van der Waals surface area contributed by atoms with Gasteiger partial charge in [0.15, 0.2) is 4.96 Å². The third-order valence-electron chi connectivity index (χ3n) is 5.47. The molecular weight excluding hydrogens is 384 g/mol. The number of fused-ring (bicyclic) bond motifs is 2. The summed E-state index contributed by atoms with van der Waals surface area (Å²) in [5.74, 6) is 0. The van der Waals surface area contributed by atoms with Crippen LogP contribution in [-0.2, 0) is 13.1 Å². The second-order valence-corrected chi connectivity index (χ2v) is 8.20. The molecule has 0 N–H and O–H groups in total. The summed E-state index contributed by atoms with van der Waals surface area (Å²) < 4.78 is 3.61. The first-order valence-corrected chi connectivity index (χ1v) is 10.5. The summed E-state index contributed by atoms with van der Waals surface area (Å²) >= 11 is 1.48. The highest BCUT2D eigenvalue weighted by atomic mass is 32.1. The van der Waals surface area contributed by atoms with Crippen LogP contribution in [0.25, 0.3) is 10.5 Å². The lowest BCUT2D eigenvalue weighted by Gasteiger charge is -2.34. The van der Waals surface area contributed by atoms with Crippen molar-refractivity contribution in [2.45, 2.75) is 13.1 Å². The molecular formula is C21H20N6OS. The summed E-state index contributed by atoms with van der Waals surface area (Å²) in [5, 5.41) is 11.5. The van der Waals surface area contributed by atoms with E-state index in [0.29, 0.717) is 6.54 Å². The lowest BCUT2D eigenvalue weighted by molar-refractivity contribution is 0.121. The molecule has 7 nitrogen and oxygen atoms in total. The van der Waals surface area contributed by atoms with Gasteiger partial charge in [0, 0.05) is 74.9 Å². The molecule has 0 unspecified atom stereocenters. The molecule has 5 rings (SSSR count). The number of piperazine rings is 1. The molecule has 29 heavy (non-hydrogen) atoms. The van der Waals surface area contributed by atoms with Gasteiger partial charge in [-0.2, -0.15) is 5.26 Å². The molecule has 4 aromatic rings. The van der Waals surface area contributed by atoms with Crippen LogP contribution in [0.4, 0.5) is 0 Å². The molecule has 1 aliphatic heterocycles. The second-order valence-electron chi connectivity index (χ2n) is 7.33. The number of pyridine rings is 1. The van der Waals surface area contributed by atoms with E-state index in [1.54, 1.807) is 16.7 Å². The lowest BCUT2D eigenvalue weighted by Crippen LogP contribution is -2.45. The van der Waals surface area contributed by atoms with Gasteiger partial charge in [-0.3, -0.25) is 19.0 Å². The minimum Gasteiger partial charge on any atom is -0.322 e. The van der Waals surface area contributed by atoms with Gasteiger partial charge in [-0.25, -0.2) is 4.98 Å². The zero-order valence-corrected chi connectivity index (χ0v) is 16.7. The summed E-state index contributed by atoms with van der Waals surface area (Å²) in [6.07, 6.45) is 5.81. The normalized spacial score (nSPS) is 15.8. The van der Waals surface area contributed by atoms with Crippen molar-refractivity contribution in [2.75, 3.05) is 26.2 Å². The molecule has 0 radical (unpaired) electrons. The lowest BCUT2D eigenvalue weighted by atomic mass is 10.1. The Kier molecular flexibility index (Phi) is 4.64. The summed E-state index contributed by atoms with van der Waals surface area (Å²) in [6.45, 7) is 5.16. The number of nitrogens with zero attached hydrogens (tertiary/aromatic N) is 6. The first kappa shape index (κ1) is 18.1. The van der Waals surface area contributed by atoms with Crippen LogP contribution in [0.2, 0.25) is 0 Å². The quantitative estimate of drug-likeness (QED) is 0.522. The molecule has 4 aromatic heterocycles. The Morgan fingerprint density at radius 2 is 1.90 bits per heavy atom. The van der Waals surface area contributed by atoms with Crippen LogP contribution in [0.1, 0.15) is 16.8 Å². The first-order chi connectivity index (χ1) is 14.2. The molecule has 0 aliphatic carbocycles. The third-order valence-corrected chi connectivity index (χ3v) is 6.23. The van der Waals surface area contributed by atoms with Gasteiger partial charge in [-0.15, -0.1) is 11.3 Å². The fraction of sp³-hybridized carbons (Fsp3) is 0.286. The topological polar surface area (TPSA) is 69.0 Å². The van der Waals surface area contributed by atoms with Gasteiger partial charge in [0.25, 0.3) is 5.56 Å². The Balaban J connectivity index is 1.25. The first-order valence-electron chi connectivity index (χ1n) is 9.60. The minimum atomic E-state index is -0.0188. The van der Waals surface area contributed by atoms with Crippen LogP contribution in [0, 0.1) is 11.3 Å². The van der Waals surface area contributed by atoms with Crippen molar-refractivity contribution in [3.63, 3.8) is 0 Å². The van der Waals surface area contributed by atoms with E-state index in [4.69, 9.17) is 0 Å². The van der Waals surface area contributed by atoms with Crippen molar-refractivity contribution < 1.29 is 0 Å². The maximum atomic E-state index is 12.2. The highest BCUT2D eigenvalue weighted by Gasteiger charge is 2.20. The maximum absolute atomic E-state index is 12.2. The number of hydrogen-bond acceptors (Lipinski definition) is 6. The second kappa shape index (κ2) is 7.44. The third kappa shape index (κ3) is 3.44. The van der Waals surface area contributed by atoms with Crippen LogP contribution in [0.5, 0.6) is 0 Å². The van der Waals surface area contributed by atoms with Crippen molar-refractivity contribution in [1.29, 1.82) is 5.26 Å². The Bertz CT molecular complexity index is 1270. The molecule has 1 aliphatic rings. The van der Waals surface area contributed by atoms with E-state index in [1.165, 1.54) is 11.3 Å². The van der Waals surface area contributed by atoms with Gasteiger partial charge >= 0.3 is 0 Å². The van der Waals surface area contributed by atoms with E-state index >= 15 is 0 Å². The Labute approximate surface area is 171 Å². The Morgan fingerprint density at radius 1 is 1.10 bits per heavy atom. The highest BCUT2D eigenvalue weighted by Crippen LogP contribution is 2.20. The summed E-state index contributed by atoms with van der Waals surface area (Å²) in [7, 11) is 0. The summed E-state index contributed by atoms with van der Waals surface area (Å²) in [6, 6.07) is 9.93. The maximum Gasteiger partial charge on any atom is 0.258 e. The van der Waals surface area contributed by atoms with Crippen molar-refractivity contribution in [1.82, 2.24) is 23.6 Å².